The number of nitrogens with two attached hydrogens (primary N) is 1. The molecule has 1 rings (SSSR count). The van der Waals surface area contributed by atoms with Crippen molar-refractivity contribution < 1.29 is 19.1 Å². The Balaban J connectivity index is 3.20. The molecule has 0 bridgehead atoms. The molecule has 0 saturated heterocycles. The smallest absolute Gasteiger partial charge is 0.319 e. The standard InChI is InChI=1S/C11H11ClFNO3/c1-11(9(14)15,10(16)17)5-6-7(12)3-2-4-8(6)13/h2-4H,5H2,1H3,(H2,14,15)(H,16,17). The van der Waals surface area contributed by atoms with Crippen molar-refractivity contribution in [1.29, 1.82) is 0 Å². The molecule has 6 heteroatoms. The maximum absolute atomic E-state index is 13.5. The molecule has 3 N–H and O–H groups in total. The van der Waals surface area contributed by atoms with Crippen molar-refractivity contribution in [3.8, 4) is 0 Å². The van der Waals surface area contributed by atoms with Gasteiger partial charge in [-0.2, -0.15) is 0 Å². The SMILES string of the molecule is CC(Cc1c(F)cccc1Cl)(C(N)=O)C(=O)O. The number of carbonyl (C=O) groups is 2. The van der Waals surface area contributed by atoms with Crippen molar-refractivity contribution in [2.75, 3.05) is 0 Å². The minimum atomic E-state index is -1.88. The van der Waals surface area contributed by atoms with E-state index in [0.29, 0.717) is 0 Å². The maximum atomic E-state index is 13.5. The number of benzene rings is 1. The average molecular weight is 260 g/mol. The number of hydrogen-bond acceptors (Lipinski definition) is 2. The number of hydrogen-bond donors (Lipinski definition) is 2. The molecule has 0 aliphatic rings. The van der Waals surface area contributed by atoms with Gasteiger partial charge in [-0.05, 0) is 19.1 Å². The highest BCUT2D eigenvalue weighted by molar-refractivity contribution is 6.31. The van der Waals surface area contributed by atoms with Gasteiger partial charge in [0.1, 0.15) is 11.2 Å². The van der Waals surface area contributed by atoms with E-state index in [1.54, 1.807) is 0 Å². The number of carboxylic acid groups (broad SMARTS) is 1. The number of rotatable bonds is 4. The van der Waals surface area contributed by atoms with Crippen LogP contribution in [0.3, 0.4) is 0 Å². The van der Waals surface area contributed by atoms with Crippen LogP contribution in [0.25, 0.3) is 0 Å². The van der Waals surface area contributed by atoms with E-state index in [1.807, 2.05) is 0 Å². The molecule has 0 aliphatic carbocycles. The molecule has 92 valence electrons. The Labute approximate surface area is 102 Å². The predicted molar refractivity (Wildman–Crippen MR) is 60.1 cm³/mol. The molecule has 0 spiro atoms. The zero-order valence-electron chi connectivity index (χ0n) is 9.04. The zero-order chi connectivity index (χ0) is 13.2. The number of primary amides is 1. The lowest BCUT2D eigenvalue weighted by Crippen LogP contribution is -2.43. The van der Waals surface area contributed by atoms with Gasteiger partial charge in [0.15, 0.2) is 0 Å². The maximum Gasteiger partial charge on any atom is 0.319 e. The summed E-state index contributed by atoms with van der Waals surface area (Å²) in [4.78, 5) is 22.2. The highest BCUT2D eigenvalue weighted by atomic mass is 35.5. The number of aliphatic carboxylic acids is 1. The molecule has 0 saturated carbocycles. The van der Waals surface area contributed by atoms with Crippen LogP contribution in [0.5, 0.6) is 0 Å². The summed E-state index contributed by atoms with van der Waals surface area (Å²) in [6.07, 6.45) is -0.386. The third-order valence-electron chi connectivity index (χ3n) is 2.61. The Morgan fingerprint density at radius 2 is 2.12 bits per heavy atom. The van der Waals surface area contributed by atoms with E-state index >= 15 is 0 Å². The molecule has 0 aromatic heterocycles. The Morgan fingerprint density at radius 3 is 2.53 bits per heavy atom. The van der Waals surface area contributed by atoms with Gasteiger partial charge in [-0.1, -0.05) is 17.7 Å². The lowest BCUT2D eigenvalue weighted by Gasteiger charge is -2.21. The van der Waals surface area contributed by atoms with Crippen LogP contribution in [0.1, 0.15) is 12.5 Å². The number of carboxylic acids is 1. The first-order valence-electron chi connectivity index (χ1n) is 4.75. The first kappa shape index (κ1) is 13.4. The highest BCUT2D eigenvalue weighted by Gasteiger charge is 2.40. The lowest BCUT2D eigenvalue weighted by molar-refractivity contribution is -0.153. The zero-order valence-corrected chi connectivity index (χ0v) is 9.79. The first-order valence-corrected chi connectivity index (χ1v) is 5.13. The fourth-order valence-corrected chi connectivity index (χ4v) is 1.55. The summed E-state index contributed by atoms with van der Waals surface area (Å²) < 4.78 is 13.5. The van der Waals surface area contributed by atoms with Gasteiger partial charge in [-0.15, -0.1) is 0 Å². The van der Waals surface area contributed by atoms with Gasteiger partial charge in [0.05, 0.1) is 0 Å². The highest BCUT2D eigenvalue weighted by Crippen LogP contribution is 2.28. The Hall–Kier alpha value is -1.62. The van der Waals surface area contributed by atoms with E-state index in [4.69, 9.17) is 22.4 Å². The summed E-state index contributed by atoms with van der Waals surface area (Å²) in [6, 6.07) is 3.96. The van der Waals surface area contributed by atoms with Crippen LogP contribution in [-0.2, 0) is 16.0 Å². The van der Waals surface area contributed by atoms with E-state index in [0.717, 1.165) is 13.0 Å². The predicted octanol–water partition coefficient (Wildman–Crippen LogP) is 1.60. The summed E-state index contributed by atoms with van der Waals surface area (Å²) in [7, 11) is 0. The Bertz CT molecular complexity index is 442. The molecule has 1 aromatic carbocycles. The number of halogens is 2. The van der Waals surface area contributed by atoms with Gasteiger partial charge >= 0.3 is 5.97 Å². The largest absolute Gasteiger partial charge is 0.480 e. The lowest BCUT2D eigenvalue weighted by atomic mass is 9.83. The van der Waals surface area contributed by atoms with Crippen LogP contribution in [0, 0.1) is 11.2 Å². The van der Waals surface area contributed by atoms with Gasteiger partial charge in [0.2, 0.25) is 5.91 Å². The van der Waals surface area contributed by atoms with Gasteiger partial charge in [-0.3, -0.25) is 9.59 Å². The molecule has 1 amide bonds. The quantitative estimate of drug-likeness (QED) is 0.806. The van der Waals surface area contributed by atoms with E-state index < -0.39 is 23.1 Å². The molecule has 0 aliphatic heterocycles. The molecule has 4 nitrogen and oxygen atoms in total. The summed E-state index contributed by atoms with van der Waals surface area (Å²) >= 11 is 5.76. The monoisotopic (exact) mass is 259 g/mol. The molecular weight excluding hydrogens is 249 g/mol. The van der Waals surface area contributed by atoms with Crippen LogP contribution in [0.15, 0.2) is 18.2 Å². The molecular formula is C11H11ClFNO3. The van der Waals surface area contributed by atoms with E-state index in [2.05, 4.69) is 0 Å². The minimum Gasteiger partial charge on any atom is -0.480 e. The number of carbonyl (C=O) groups excluding carboxylic acids is 1. The van der Waals surface area contributed by atoms with Crippen molar-refractivity contribution in [1.82, 2.24) is 0 Å². The van der Waals surface area contributed by atoms with Crippen LogP contribution >= 0.6 is 11.6 Å². The van der Waals surface area contributed by atoms with Crippen molar-refractivity contribution in [2.24, 2.45) is 11.1 Å². The second-order valence-electron chi connectivity index (χ2n) is 3.88. The fraction of sp³-hybridized carbons (Fsp3) is 0.273. The molecule has 0 radical (unpaired) electrons. The second kappa shape index (κ2) is 4.71. The van der Waals surface area contributed by atoms with Crippen LogP contribution < -0.4 is 5.73 Å². The van der Waals surface area contributed by atoms with Crippen LogP contribution in [0.2, 0.25) is 5.02 Å². The van der Waals surface area contributed by atoms with Gasteiger partial charge in [0.25, 0.3) is 0 Å². The van der Waals surface area contributed by atoms with Gasteiger partial charge in [0, 0.05) is 17.0 Å². The second-order valence-corrected chi connectivity index (χ2v) is 4.29. The number of amides is 1. The summed E-state index contributed by atoms with van der Waals surface area (Å²) in [5.74, 6) is -3.11. The third kappa shape index (κ3) is 2.55. The third-order valence-corrected chi connectivity index (χ3v) is 2.96. The molecule has 0 heterocycles. The fourth-order valence-electron chi connectivity index (χ4n) is 1.32. The van der Waals surface area contributed by atoms with Gasteiger partial charge in [-0.25, -0.2) is 4.39 Å². The normalized spacial score (nSPS) is 14.1. The Kier molecular flexibility index (Phi) is 3.72. The van der Waals surface area contributed by atoms with Crippen molar-refractivity contribution in [3.63, 3.8) is 0 Å². The topological polar surface area (TPSA) is 80.4 Å². The van der Waals surface area contributed by atoms with Crippen molar-refractivity contribution >= 4 is 23.5 Å². The van der Waals surface area contributed by atoms with Crippen molar-refractivity contribution in [2.45, 2.75) is 13.3 Å². The molecule has 0 fully saturated rings. The minimum absolute atomic E-state index is 0.0298. The summed E-state index contributed by atoms with van der Waals surface area (Å²) in [6.45, 7) is 1.14. The average Bonchev–Trinajstić information content (AvgIpc) is 2.22. The van der Waals surface area contributed by atoms with E-state index in [1.165, 1.54) is 12.1 Å². The van der Waals surface area contributed by atoms with Crippen LogP contribution in [-0.4, -0.2) is 17.0 Å². The van der Waals surface area contributed by atoms with Crippen molar-refractivity contribution in [3.05, 3.63) is 34.6 Å². The van der Waals surface area contributed by atoms with Gasteiger partial charge < -0.3 is 10.8 Å². The molecule has 1 aromatic rings. The van der Waals surface area contributed by atoms with E-state index in [-0.39, 0.29) is 17.0 Å². The molecule has 1 unspecified atom stereocenters. The van der Waals surface area contributed by atoms with Crippen LogP contribution in [0.4, 0.5) is 4.39 Å². The first-order chi connectivity index (χ1) is 7.79. The summed E-state index contributed by atoms with van der Waals surface area (Å²) in [5, 5.41) is 9.05. The Morgan fingerprint density at radius 1 is 1.53 bits per heavy atom. The molecule has 1 atom stereocenters. The molecule has 17 heavy (non-hydrogen) atoms. The van der Waals surface area contributed by atoms with E-state index in [9.17, 15) is 14.0 Å². The summed E-state index contributed by atoms with van der Waals surface area (Å²) in [5.41, 5.74) is 3.12.